The van der Waals surface area contributed by atoms with Crippen LogP contribution >= 0.6 is 0 Å². The van der Waals surface area contributed by atoms with Crippen LogP contribution < -0.4 is 0 Å². The molecular formula is C55H48. The van der Waals surface area contributed by atoms with Crippen molar-refractivity contribution in [3.63, 3.8) is 0 Å². The number of benzene rings is 6. The Hall–Kier alpha value is -5.46. The summed E-state index contributed by atoms with van der Waals surface area (Å²) in [6.07, 6.45) is 14.9. The van der Waals surface area contributed by atoms with Crippen molar-refractivity contribution >= 4 is 11.6 Å². The lowest BCUT2D eigenvalue weighted by Crippen LogP contribution is -2.24. The number of hydrogen-bond donors (Lipinski definition) is 0. The number of rotatable bonds is 4. The van der Waals surface area contributed by atoms with Gasteiger partial charge in [0.05, 0.1) is 0 Å². The summed E-state index contributed by atoms with van der Waals surface area (Å²) in [5.74, 6) is 0. The van der Waals surface area contributed by atoms with Gasteiger partial charge in [-0.3, -0.25) is 0 Å². The van der Waals surface area contributed by atoms with Crippen LogP contribution in [0.3, 0.4) is 0 Å². The van der Waals surface area contributed by atoms with Crippen LogP contribution in [0.25, 0.3) is 56.2 Å². The minimum Gasteiger partial charge on any atom is -0.0836 e. The molecule has 1 unspecified atom stereocenters. The van der Waals surface area contributed by atoms with Crippen LogP contribution in [-0.4, -0.2) is 0 Å². The predicted molar refractivity (Wildman–Crippen MR) is 233 cm³/mol. The number of allylic oxidation sites excluding steroid dienone is 5. The van der Waals surface area contributed by atoms with Gasteiger partial charge in [-0.2, -0.15) is 0 Å². The lowest BCUT2D eigenvalue weighted by atomic mass is 9.73. The second-order valence-corrected chi connectivity index (χ2v) is 18.2. The summed E-state index contributed by atoms with van der Waals surface area (Å²) >= 11 is 0. The first-order valence-corrected chi connectivity index (χ1v) is 20.5. The number of aryl methyl sites for hydroxylation is 1. The van der Waals surface area contributed by atoms with E-state index in [0.717, 1.165) is 32.1 Å². The summed E-state index contributed by atoms with van der Waals surface area (Å²) < 4.78 is 0. The molecular weight excluding hydrogens is 661 g/mol. The normalized spacial score (nSPS) is 20.0. The minimum absolute atomic E-state index is 0.0282. The van der Waals surface area contributed by atoms with Crippen LogP contribution in [-0.2, 0) is 29.1 Å². The molecule has 1 atom stereocenters. The highest BCUT2D eigenvalue weighted by molar-refractivity contribution is 5.90. The van der Waals surface area contributed by atoms with E-state index >= 15 is 0 Å². The molecule has 0 heteroatoms. The van der Waals surface area contributed by atoms with E-state index in [1.54, 1.807) is 5.57 Å². The van der Waals surface area contributed by atoms with Gasteiger partial charge in [-0.25, -0.2) is 0 Å². The second kappa shape index (κ2) is 11.5. The zero-order chi connectivity index (χ0) is 37.3. The number of hydrogen-bond acceptors (Lipinski definition) is 0. The molecule has 0 bridgehead atoms. The van der Waals surface area contributed by atoms with Gasteiger partial charge < -0.3 is 0 Å². The van der Waals surface area contributed by atoms with Gasteiger partial charge in [0.25, 0.3) is 0 Å². The standard InChI is InChI=1S/C55H48/c1-53(2)47-16-10-8-14-41(47)43-24-20-37(29-49(43)53)39-22-26-45-46-27-23-40(38-21-25-44-42-15-9-11-17-48(42)54(3,4)50(44)30-38)32-52(46)55(5,51(45)31-39)33-34-18-19-35-12-6-7-13-36(35)28-34/h7-10,13-16,18-32H,6,11-12,17,33H2,1-5H3. The molecule has 268 valence electrons. The smallest absolute Gasteiger partial charge is 0.0227 e. The Kier molecular flexibility index (Phi) is 6.90. The van der Waals surface area contributed by atoms with Crippen LogP contribution in [0.1, 0.15) is 104 Å². The highest BCUT2D eigenvalue weighted by Gasteiger charge is 2.41. The molecule has 5 aliphatic rings. The molecule has 0 spiro atoms. The largest absolute Gasteiger partial charge is 0.0836 e. The third-order valence-electron chi connectivity index (χ3n) is 14.3. The van der Waals surface area contributed by atoms with Crippen molar-refractivity contribution in [1.29, 1.82) is 0 Å². The van der Waals surface area contributed by atoms with Crippen molar-refractivity contribution < 1.29 is 0 Å². The number of fused-ring (bicyclic) bond motifs is 9. The van der Waals surface area contributed by atoms with Gasteiger partial charge in [0.15, 0.2) is 0 Å². The fraction of sp³-hybridized carbons (Fsp3) is 0.236. The molecule has 0 nitrogen and oxygen atoms in total. The molecule has 0 N–H and O–H groups in total. The van der Waals surface area contributed by atoms with Crippen molar-refractivity contribution in [2.24, 2.45) is 0 Å². The van der Waals surface area contributed by atoms with Crippen molar-refractivity contribution in [2.45, 2.75) is 83.0 Å². The summed E-state index contributed by atoms with van der Waals surface area (Å²) in [6.45, 7) is 12.1. The molecule has 5 aliphatic carbocycles. The zero-order valence-electron chi connectivity index (χ0n) is 32.8. The summed E-state index contributed by atoms with van der Waals surface area (Å²) in [5.41, 5.74) is 26.5. The average Bonchev–Trinajstić information content (AvgIpc) is 3.70. The maximum absolute atomic E-state index is 2.54. The summed E-state index contributed by atoms with van der Waals surface area (Å²) in [7, 11) is 0. The summed E-state index contributed by atoms with van der Waals surface area (Å²) in [6, 6.07) is 45.3. The maximum atomic E-state index is 2.54. The first-order chi connectivity index (χ1) is 26.6. The van der Waals surface area contributed by atoms with E-state index in [2.05, 4.69) is 174 Å². The zero-order valence-corrected chi connectivity index (χ0v) is 32.8. The Bertz CT molecular complexity index is 2740. The molecule has 6 aromatic carbocycles. The highest BCUT2D eigenvalue weighted by atomic mass is 14.4. The SMILES string of the molecule is CC1(C)C2=C(C=CCC2)c2ccc(-c3ccc4c(c3)C(C)(Cc3ccc5c(c3)C=CCC5)c3cc(-c5ccc6c(c5)C(C)(C)c5ccccc5-6)ccc3-4)cc21. The van der Waals surface area contributed by atoms with E-state index in [1.165, 1.54) is 100 Å². The van der Waals surface area contributed by atoms with E-state index in [9.17, 15) is 0 Å². The molecule has 6 aromatic rings. The quantitative estimate of drug-likeness (QED) is 0.171. The topological polar surface area (TPSA) is 0 Å². The van der Waals surface area contributed by atoms with E-state index in [-0.39, 0.29) is 16.2 Å². The van der Waals surface area contributed by atoms with E-state index in [4.69, 9.17) is 0 Å². The van der Waals surface area contributed by atoms with Gasteiger partial charge in [-0.1, -0.05) is 155 Å². The monoisotopic (exact) mass is 708 g/mol. The van der Waals surface area contributed by atoms with Crippen molar-refractivity contribution in [3.05, 3.63) is 189 Å². The van der Waals surface area contributed by atoms with Crippen LogP contribution in [0.4, 0.5) is 0 Å². The molecule has 0 fully saturated rings. The van der Waals surface area contributed by atoms with E-state index in [1.807, 2.05) is 0 Å². The average molecular weight is 709 g/mol. The molecule has 0 saturated carbocycles. The van der Waals surface area contributed by atoms with E-state index < -0.39 is 0 Å². The Morgan fingerprint density at radius 3 is 1.69 bits per heavy atom. The van der Waals surface area contributed by atoms with Gasteiger partial charge in [0.2, 0.25) is 0 Å². The fourth-order valence-corrected chi connectivity index (χ4v) is 11.2. The van der Waals surface area contributed by atoms with Gasteiger partial charge in [-0.15, -0.1) is 0 Å². The Morgan fingerprint density at radius 2 is 1.00 bits per heavy atom. The third kappa shape index (κ3) is 4.70. The van der Waals surface area contributed by atoms with Crippen LogP contribution in [0.5, 0.6) is 0 Å². The maximum Gasteiger partial charge on any atom is 0.0227 e. The van der Waals surface area contributed by atoms with Gasteiger partial charge in [0, 0.05) is 16.2 Å². The van der Waals surface area contributed by atoms with Crippen LogP contribution in [0.15, 0.2) is 139 Å². The summed E-state index contributed by atoms with van der Waals surface area (Å²) in [5, 5.41) is 0. The van der Waals surface area contributed by atoms with Crippen molar-refractivity contribution in [1.82, 2.24) is 0 Å². The van der Waals surface area contributed by atoms with Gasteiger partial charge in [-0.05, 0) is 157 Å². The minimum atomic E-state index is -0.197. The Balaban J connectivity index is 1.04. The predicted octanol–water partition coefficient (Wildman–Crippen LogP) is 14.2. The molecule has 0 aliphatic heterocycles. The van der Waals surface area contributed by atoms with Gasteiger partial charge >= 0.3 is 0 Å². The molecule has 0 saturated heterocycles. The Morgan fingerprint density at radius 1 is 0.455 bits per heavy atom. The Labute approximate surface area is 327 Å². The molecule has 0 radical (unpaired) electrons. The molecule has 0 heterocycles. The molecule has 11 rings (SSSR count). The van der Waals surface area contributed by atoms with E-state index in [0.29, 0.717) is 0 Å². The van der Waals surface area contributed by atoms with Crippen LogP contribution in [0, 0.1) is 0 Å². The highest BCUT2D eigenvalue weighted by Crippen LogP contribution is 2.55. The van der Waals surface area contributed by atoms with Crippen molar-refractivity contribution in [2.75, 3.05) is 0 Å². The first-order valence-electron chi connectivity index (χ1n) is 20.5. The lowest BCUT2D eigenvalue weighted by Gasteiger charge is -2.29. The third-order valence-corrected chi connectivity index (χ3v) is 14.3. The lowest BCUT2D eigenvalue weighted by molar-refractivity contribution is 0.583. The van der Waals surface area contributed by atoms with Crippen molar-refractivity contribution in [3.8, 4) is 44.5 Å². The fourth-order valence-electron chi connectivity index (χ4n) is 11.2. The molecule has 0 aromatic heterocycles. The van der Waals surface area contributed by atoms with Gasteiger partial charge in [0.1, 0.15) is 0 Å². The molecule has 0 amide bonds. The molecule has 55 heavy (non-hydrogen) atoms. The second-order valence-electron chi connectivity index (χ2n) is 18.2. The summed E-state index contributed by atoms with van der Waals surface area (Å²) in [4.78, 5) is 0. The first kappa shape index (κ1) is 32.9. The van der Waals surface area contributed by atoms with Crippen LogP contribution in [0.2, 0.25) is 0 Å².